The number of rotatable bonds is 9. The van der Waals surface area contributed by atoms with E-state index in [2.05, 4.69) is 5.32 Å². The van der Waals surface area contributed by atoms with Crippen molar-refractivity contribution in [2.75, 3.05) is 31.9 Å². The van der Waals surface area contributed by atoms with E-state index in [0.29, 0.717) is 28.5 Å². The molecule has 0 bridgehead atoms. The Morgan fingerprint density at radius 2 is 1.59 bits per heavy atom. The van der Waals surface area contributed by atoms with Crippen molar-refractivity contribution < 1.29 is 27.4 Å². The summed E-state index contributed by atoms with van der Waals surface area (Å²) in [6.45, 7) is 1.70. The molecule has 0 fully saturated rings. The number of methoxy groups -OCH3 is 3. The minimum atomic E-state index is -3.66. The van der Waals surface area contributed by atoms with Gasteiger partial charge in [-0.2, -0.15) is 0 Å². The fraction of sp³-hybridized carbons (Fsp3) is 0.350. The molecule has 0 unspecified atom stereocenters. The molecule has 0 aromatic heterocycles. The van der Waals surface area contributed by atoms with Crippen molar-refractivity contribution in [1.82, 2.24) is 5.32 Å². The Morgan fingerprint density at radius 3 is 2.03 bits per heavy atom. The number of carbonyl (C=O) groups excluding carboxylic acids is 1. The number of amides is 1. The zero-order valence-electron chi connectivity index (χ0n) is 17.1. The normalized spacial score (nSPS) is 12.0. The maximum Gasteiger partial charge on any atom is 0.243 e. The second-order valence-electron chi connectivity index (χ2n) is 6.32. The zero-order valence-corrected chi connectivity index (χ0v) is 17.9. The smallest absolute Gasteiger partial charge is 0.243 e. The number of para-hydroxylation sites is 1. The first-order valence-electron chi connectivity index (χ1n) is 8.84. The van der Waals surface area contributed by atoms with E-state index in [-0.39, 0.29) is 6.54 Å². The van der Waals surface area contributed by atoms with E-state index >= 15 is 0 Å². The largest absolute Gasteiger partial charge is 0.493 e. The van der Waals surface area contributed by atoms with E-state index in [4.69, 9.17) is 14.2 Å². The molecule has 1 amide bonds. The van der Waals surface area contributed by atoms with Crippen molar-refractivity contribution >= 4 is 21.6 Å². The molecule has 0 radical (unpaired) electrons. The second kappa shape index (κ2) is 9.51. The van der Waals surface area contributed by atoms with E-state index in [1.165, 1.54) is 21.3 Å². The van der Waals surface area contributed by atoms with E-state index < -0.39 is 22.0 Å². The molecule has 2 aromatic rings. The minimum absolute atomic E-state index is 0.159. The van der Waals surface area contributed by atoms with Crippen LogP contribution < -0.4 is 23.8 Å². The van der Waals surface area contributed by atoms with Gasteiger partial charge in [-0.3, -0.25) is 9.10 Å². The standard InChI is InChI=1S/C20H26N2O6S/c1-14(22(29(5,24)25)16-9-7-6-8-10-16)20(23)21-13-15-11-17(26-2)19(28-4)18(12-15)27-3/h6-12,14H,13H2,1-5H3,(H,21,23)/t14-/m0/s1. The van der Waals surface area contributed by atoms with Crippen molar-refractivity contribution in [3.05, 3.63) is 48.0 Å². The van der Waals surface area contributed by atoms with Gasteiger partial charge in [-0.15, -0.1) is 0 Å². The Balaban J connectivity index is 2.21. The maximum absolute atomic E-state index is 12.7. The highest BCUT2D eigenvalue weighted by Crippen LogP contribution is 2.38. The monoisotopic (exact) mass is 422 g/mol. The van der Waals surface area contributed by atoms with Gasteiger partial charge in [0.2, 0.25) is 21.7 Å². The molecule has 0 heterocycles. The number of hydrogen-bond donors (Lipinski definition) is 1. The molecule has 8 nitrogen and oxygen atoms in total. The molecule has 0 aliphatic carbocycles. The molecule has 9 heteroatoms. The molecule has 29 heavy (non-hydrogen) atoms. The number of ether oxygens (including phenoxy) is 3. The van der Waals surface area contributed by atoms with E-state index in [9.17, 15) is 13.2 Å². The Morgan fingerprint density at radius 1 is 1.03 bits per heavy atom. The van der Waals surface area contributed by atoms with Crippen LogP contribution in [0.5, 0.6) is 17.2 Å². The molecule has 1 N–H and O–H groups in total. The third kappa shape index (κ3) is 5.32. The lowest BCUT2D eigenvalue weighted by Gasteiger charge is -2.28. The number of nitrogens with one attached hydrogen (secondary N) is 1. The lowest BCUT2D eigenvalue weighted by molar-refractivity contribution is -0.122. The highest BCUT2D eigenvalue weighted by Gasteiger charge is 2.28. The van der Waals surface area contributed by atoms with Gasteiger partial charge in [-0.25, -0.2) is 8.42 Å². The molecule has 0 aliphatic heterocycles. The number of carbonyl (C=O) groups is 1. The summed E-state index contributed by atoms with van der Waals surface area (Å²) in [5, 5.41) is 2.76. The van der Waals surface area contributed by atoms with Crippen molar-refractivity contribution in [2.24, 2.45) is 0 Å². The first-order valence-corrected chi connectivity index (χ1v) is 10.7. The SMILES string of the molecule is COc1cc(CNC(=O)[C@H](C)N(c2ccccc2)S(C)(=O)=O)cc(OC)c1OC. The van der Waals surface area contributed by atoms with Gasteiger partial charge in [0.05, 0.1) is 33.3 Å². The van der Waals surface area contributed by atoms with Crippen LogP contribution in [0, 0.1) is 0 Å². The van der Waals surface area contributed by atoms with Gasteiger partial charge in [-0.05, 0) is 36.8 Å². The number of benzene rings is 2. The average Bonchev–Trinajstić information content (AvgIpc) is 2.70. The zero-order chi connectivity index (χ0) is 21.6. The van der Waals surface area contributed by atoms with Crippen molar-refractivity contribution in [3.63, 3.8) is 0 Å². The molecule has 0 saturated heterocycles. The lowest BCUT2D eigenvalue weighted by atomic mass is 10.1. The Kier molecular flexibility index (Phi) is 7.33. The number of hydrogen-bond acceptors (Lipinski definition) is 6. The molecule has 2 rings (SSSR count). The third-order valence-electron chi connectivity index (χ3n) is 4.29. The van der Waals surface area contributed by atoms with Gasteiger partial charge >= 0.3 is 0 Å². The molecule has 1 atom stereocenters. The van der Waals surface area contributed by atoms with Crippen molar-refractivity contribution in [1.29, 1.82) is 0 Å². The van der Waals surface area contributed by atoms with Crippen LogP contribution in [0.2, 0.25) is 0 Å². The van der Waals surface area contributed by atoms with Crippen LogP contribution in [-0.4, -0.2) is 48.0 Å². The summed E-state index contributed by atoms with van der Waals surface area (Å²) in [7, 11) is 0.858. The van der Waals surface area contributed by atoms with Crippen LogP contribution in [0.3, 0.4) is 0 Å². The van der Waals surface area contributed by atoms with Crippen LogP contribution in [0.25, 0.3) is 0 Å². The Labute approximate surface area is 171 Å². The van der Waals surface area contributed by atoms with Gasteiger partial charge in [0.25, 0.3) is 0 Å². The van der Waals surface area contributed by atoms with E-state index in [1.807, 2.05) is 0 Å². The highest BCUT2D eigenvalue weighted by molar-refractivity contribution is 7.92. The number of nitrogens with zero attached hydrogens (tertiary/aromatic N) is 1. The van der Waals surface area contributed by atoms with Gasteiger partial charge in [-0.1, -0.05) is 18.2 Å². The van der Waals surface area contributed by atoms with Gasteiger partial charge in [0.1, 0.15) is 6.04 Å². The topological polar surface area (TPSA) is 94.2 Å². The lowest BCUT2D eigenvalue weighted by Crippen LogP contribution is -2.47. The summed E-state index contributed by atoms with van der Waals surface area (Å²) >= 11 is 0. The molecular weight excluding hydrogens is 396 g/mol. The van der Waals surface area contributed by atoms with Crippen LogP contribution in [-0.2, 0) is 21.4 Å². The first-order chi connectivity index (χ1) is 13.7. The summed E-state index contributed by atoms with van der Waals surface area (Å²) in [4.78, 5) is 12.7. The molecule has 0 aliphatic rings. The second-order valence-corrected chi connectivity index (χ2v) is 8.18. The highest BCUT2D eigenvalue weighted by atomic mass is 32.2. The first kappa shape index (κ1) is 22.4. The predicted octanol–water partition coefficient (Wildman–Crippen LogP) is 2.18. The maximum atomic E-state index is 12.7. The fourth-order valence-corrected chi connectivity index (χ4v) is 4.13. The van der Waals surface area contributed by atoms with Gasteiger partial charge in [0.15, 0.2) is 11.5 Å². The van der Waals surface area contributed by atoms with E-state index in [0.717, 1.165) is 10.6 Å². The van der Waals surface area contributed by atoms with Crippen LogP contribution in [0.1, 0.15) is 12.5 Å². The predicted molar refractivity (Wildman–Crippen MR) is 111 cm³/mol. The molecule has 2 aromatic carbocycles. The van der Waals surface area contributed by atoms with Crippen LogP contribution >= 0.6 is 0 Å². The summed E-state index contributed by atoms with van der Waals surface area (Å²) in [5.41, 5.74) is 1.14. The van der Waals surface area contributed by atoms with Crippen molar-refractivity contribution in [2.45, 2.75) is 19.5 Å². The molecule has 0 spiro atoms. The molecule has 158 valence electrons. The van der Waals surface area contributed by atoms with Gasteiger partial charge in [0, 0.05) is 6.54 Å². The van der Waals surface area contributed by atoms with Crippen LogP contribution in [0.15, 0.2) is 42.5 Å². The van der Waals surface area contributed by atoms with Crippen LogP contribution in [0.4, 0.5) is 5.69 Å². The average molecular weight is 423 g/mol. The Hall–Kier alpha value is -2.94. The summed E-state index contributed by atoms with van der Waals surface area (Å²) < 4.78 is 41.6. The fourth-order valence-electron chi connectivity index (χ4n) is 2.96. The number of sulfonamides is 1. The summed E-state index contributed by atoms with van der Waals surface area (Å²) in [6, 6.07) is 11.0. The summed E-state index contributed by atoms with van der Waals surface area (Å²) in [5.74, 6) is 0.941. The quantitative estimate of drug-likeness (QED) is 0.666. The van der Waals surface area contributed by atoms with Crippen molar-refractivity contribution in [3.8, 4) is 17.2 Å². The molecule has 0 saturated carbocycles. The Bertz CT molecular complexity index is 922. The van der Waals surface area contributed by atoms with Gasteiger partial charge < -0.3 is 19.5 Å². The third-order valence-corrected chi connectivity index (χ3v) is 5.53. The molecular formula is C20H26N2O6S. The van der Waals surface area contributed by atoms with E-state index in [1.54, 1.807) is 49.4 Å². The minimum Gasteiger partial charge on any atom is -0.493 e. The summed E-state index contributed by atoms with van der Waals surface area (Å²) in [6.07, 6.45) is 1.07. The number of anilines is 1.